The van der Waals surface area contributed by atoms with E-state index >= 15 is 0 Å². The van der Waals surface area contributed by atoms with Crippen molar-refractivity contribution >= 4 is 29.1 Å². The molecule has 0 radical (unpaired) electrons. The van der Waals surface area contributed by atoms with E-state index in [0.717, 1.165) is 5.69 Å². The van der Waals surface area contributed by atoms with Crippen molar-refractivity contribution in [2.45, 2.75) is 19.3 Å². The van der Waals surface area contributed by atoms with E-state index in [0.29, 0.717) is 18.1 Å². The molecular formula is C20H21ClN2O2. The Bertz CT molecular complexity index is 746. The molecule has 1 N–H and O–H groups in total. The van der Waals surface area contributed by atoms with Crippen LogP contribution in [0, 0.1) is 5.92 Å². The molecule has 2 amide bonds. The number of nitrogens with zero attached hydrogens (tertiary/aromatic N) is 1. The molecule has 1 aliphatic heterocycles. The fraction of sp³-hybridized carbons (Fsp3) is 0.300. The molecule has 3 rings (SSSR count). The largest absolute Gasteiger partial charge is 0.355 e. The van der Waals surface area contributed by atoms with E-state index in [1.54, 1.807) is 29.2 Å². The molecule has 0 unspecified atom stereocenters. The van der Waals surface area contributed by atoms with Crippen LogP contribution in [0.2, 0.25) is 5.02 Å². The molecule has 2 aromatic carbocycles. The molecule has 0 spiro atoms. The third-order valence-electron chi connectivity index (χ3n) is 4.59. The standard InChI is InChI=1S/C20H21ClN2O2/c1-14(15-5-3-2-4-6-15)12-22-20(25)16-11-19(24)23(13-16)18-9-7-17(21)8-10-18/h2-10,14,16H,11-13H2,1H3,(H,22,25)/t14-,16-/m0/s1. The Hall–Kier alpha value is -2.33. The number of hydrogen-bond acceptors (Lipinski definition) is 2. The molecule has 5 heteroatoms. The van der Waals surface area contributed by atoms with E-state index in [2.05, 4.69) is 24.4 Å². The summed E-state index contributed by atoms with van der Waals surface area (Å²) in [7, 11) is 0. The number of nitrogens with one attached hydrogen (secondary N) is 1. The van der Waals surface area contributed by atoms with Crippen LogP contribution in [-0.4, -0.2) is 24.9 Å². The van der Waals surface area contributed by atoms with Crippen molar-refractivity contribution in [2.24, 2.45) is 5.92 Å². The van der Waals surface area contributed by atoms with E-state index in [4.69, 9.17) is 11.6 Å². The molecule has 1 fully saturated rings. The normalized spacial score (nSPS) is 18.2. The third-order valence-corrected chi connectivity index (χ3v) is 4.84. The quantitative estimate of drug-likeness (QED) is 0.889. The first-order valence-corrected chi connectivity index (χ1v) is 8.81. The lowest BCUT2D eigenvalue weighted by Gasteiger charge is -2.18. The van der Waals surface area contributed by atoms with E-state index in [1.807, 2.05) is 18.2 Å². The number of carbonyl (C=O) groups is 2. The Morgan fingerprint density at radius 2 is 1.88 bits per heavy atom. The molecule has 1 aliphatic rings. The molecule has 2 aromatic rings. The highest BCUT2D eigenvalue weighted by molar-refractivity contribution is 6.30. The highest BCUT2D eigenvalue weighted by atomic mass is 35.5. The van der Waals surface area contributed by atoms with Gasteiger partial charge in [0.1, 0.15) is 0 Å². The number of benzene rings is 2. The van der Waals surface area contributed by atoms with Gasteiger partial charge >= 0.3 is 0 Å². The van der Waals surface area contributed by atoms with Crippen molar-refractivity contribution in [3.05, 3.63) is 65.2 Å². The predicted molar refractivity (Wildman–Crippen MR) is 99.8 cm³/mol. The summed E-state index contributed by atoms with van der Waals surface area (Å²) in [5, 5.41) is 3.61. The fourth-order valence-electron chi connectivity index (χ4n) is 3.05. The summed E-state index contributed by atoms with van der Waals surface area (Å²) < 4.78 is 0. The van der Waals surface area contributed by atoms with Crippen LogP contribution in [0.15, 0.2) is 54.6 Å². The van der Waals surface area contributed by atoms with Gasteiger partial charge in [0.05, 0.1) is 5.92 Å². The minimum Gasteiger partial charge on any atom is -0.355 e. The second-order valence-corrected chi connectivity index (χ2v) is 6.88. The maximum atomic E-state index is 12.4. The highest BCUT2D eigenvalue weighted by Gasteiger charge is 2.35. The monoisotopic (exact) mass is 356 g/mol. The van der Waals surface area contributed by atoms with Gasteiger partial charge in [0.2, 0.25) is 11.8 Å². The van der Waals surface area contributed by atoms with Gasteiger partial charge in [-0.2, -0.15) is 0 Å². The summed E-state index contributed by atoms with van der Waals surface area (Å²) in [6.45, 7) is 3.05. The van der Waals surface area contributed by atoms with Gasteiger partial charge in [0.25, 0.3) is 0 Å². The van der Waals surface area contributed by atoms with Gasteiger partial charge in [-0.15, -0.1) is 0 Å². The second-order valence-electron chi connectivity index (χ2n) is 6.44. The van der Waals surface area contributed by atoms with Gasteiger partial charge in [-0.25, -0.2) is 0 Å². The fourth-order valence-corrected chi connectivity index (χ4v) is 3.18. The Balaban J connectivity index is 1.56. The van der Waals surface area contributed by atoms with Crippen LogP contribution < -0.4 is 10.2 Å². The summed E-state index contributed by atoms with van der Waals surface area (Å²) in [6.07, 6.45) is 0.244. The maximum Gasteiger partial charge on any atom is 0.227 e. The van der Waals surface area contributed by atoms with Crippen LogP contribution >= 0.6 is 11.6 Å². The Morgan fingerprint density at radius 1 is 1.20 bits per heavy atom. The third kappa shape index (κ3) is 4.20. The number of amides is 2. The van der Waals surface area contributed by atoms with E-state index in [1.165, 1.54) is 5.56 Å². The number of rotatable bonds is 5. The van der Waals surface area contributed by atoms with Gasteiger partial charge < -0.3 is 10.2 Å². The minimum absolute atomic E-state index is 0.0291. The average molecular weight is 357 g/mol. The Morgan fingerprint density at radius 3 is 2.56 bits per heavy atom. The summed E-state index contributed by atoms with van der Waals surface area (Å²) >= 11 is 5.89. The summed E-state index contributed by atoms with van der Waals surface area (Å²) in [5.41, 5.74) is 1.97. The first-order valence-electron chi connectivity index (χ1n) is 8.43. The van der Waals surface area contributed by atoms with Crippen LogP contribution in [0.4, 0.5) is 5.69 Å². The Kier molecular flexibility index (Phi) is 5.39. The molecule has 2 atom stereocenters. The van der Waals surface area contributed by atoms with Gasteiger partial charge in [-0.1, -0.05) is 48.9 Å². The van der Waals surface area contributed by atoms with Crippen molar-refractivity contribution in [1.82, 2.24) is 5.32 Å². The van der Waals surface area contributed by atoms with Crippen LogP contribution in [0.1, 0.15) is 24.8 Å². The lowest BCUT2D eigenvalue weighted by atomic mass is 10.0. The molecule has 0 bridgehead atoms. The van der Waals surface area contributed by atoms with E-state index < -0.39 is 0 Å². The molecule has 0 saturated carbocycles. The van der Waals surface area contributed by atoms with Crippen LogP contribution in [0.3, 0.4) is 0 Å². The lowest BCUT2D eigenvalue weighted by molar-refractivity contribution is -0.126. The van der Waals surface area contributed by atoms with Gasteiger partial charge in [-0.05, 0) is 35.7 Å². The van der Waals surface area contributed by atoms with Crippen molar-refractivity contribution in [3.8, 4) is 0 Å². The van der Waals surface area contributed by atoms with Gasteiger partial charge in [0, 0.05) is 30.2 Å². The van der Waals surface area contributed by atoms with Gasteiger partial charge in [-0.3, -0.25) is 9.59 Å². The van der Waals surface area contributed by atoms with E-state index in [-0.39, 0.29) is 30.1 Å². The number of hydrogen-bond donors (Lipinski definition) is 1. The lowest BCUT2D eigenvalue weighted by Crippen LogP contribution is -2.35. The van der Waals surface area contributed by atoms with E-state index in [9.17, 15) is 9.59 Å². The molecule has 4 nitrogen and oxygen atoms in total. The molecule has 130 valence electrons. The molecule has 0 aliphatic carbocycles. The maximum absolute atomic E-state index is 12.4. The highest BCUT2D eigenvalue weighted by Crippen LogP contribution is 2.26. The summed E-state index contributed by atoms with van der Waals surface area (Å²) in [5.74, 6) is -0.174. The zero-order valence-corrected chi connectivity index (χ0v) is 14.9. The second kappa shape index (κ2) is 7.70. The van der Waals surface area contributed by atoms with Crippen molar-refractivity contribution < 1.29 is 9.59 Å². The van der Waals surface area contributed by atoms with Crippen molar-refractivity contribution in [2.75, 3.05) is 18.0 Å². The number of carbonyl (C=O) groups excluding carboxylic acids is 2. The molecule has 0 aromatic heterocycles. The molecule has 1 saturated heterocycles. The minimum atomic E-state index is -0.314. The number of anilines is 1. The van der Waals surface area contributed by atoms with Crippen LogP contribution in [-0.2, 0) is 9.59 Å². The average Bonchev–Trinajstić information content (AvgIpc) is 3.02. The van der Waals surface area contributed by atoms with Crippen LogP contribution in [0.5, 0.6) is 0 Å². The van der Waals surface area contributed by atoms with Gasteiger partial charge in [0.15, 0.2) is 0 Å². The summed E-state index contributed by atoms with van der Waals surface area (Å²) in [4.78, 5) is 26.3. The predicted octanol–water partition coefficient (Wildman–Crippen LogP) is 3.61. The topological polar surface area (TPSA) is 49.4 Å². The van der Waals surface area contributed by atoms with Crippen molar-refractivity contribution in [3.63, 3.8) is 0 Å². The summed E-state index contributed by atoms with van der Waals surface area (Å²) in [6, 6.07) is 17.2. The smallest absolute Gasteiger partial charge is 0.227 e. The van der Waals surface area contributed by atoms with Crippen LogP contribution in [0.25, 0.3) is 0 Å². The first-order chi connectivity index (χ1) is 12.0. The first kappa shape index (κ1) is 17.5. The zero-order chi connectivity index (χ0) is 17.8. The molecule has 25 heavy (non-hydrogen) atoms. The molecular weight excluding hydrogens is 336 g/mol. The molecule has 1 heterocycles. The zero-order valence-electron chi connectivity index (χ0n) is 14.1. The van der Waals surface area contributed by atoms with Crippen molar-refractivity contribution in [1.29, 1.82) is 0 Å². The number of halogens is 1. The SMILES string of the molecule is C[C@@H](CNC(=O)[C@H]1CC(=O)N(c2ccc(Cl)cc2)C1)c1ccccc1. The Labute approximate surface area is 152 Å².